The fourth-order valence-corrected chi connectivity index (χ4v) is 3.49. The van der Waals surface area contributed by atoms with Gasteiger partial charge in [0.1, 0.15) is 0 Å². The summed E-state index contributed by atoms with van der Waals surface area (Å²) in [5.41, 5.74) is 0. The van der Waals surface area contributed by atoms with Crippen molar-refractivity contribution in [1.29, 1.82) is 0 Å². The van der Waals surface area contributed by atoms with E-state index >= 15 is 0 Å². The third-order valence-corrected chi connectivity index (χ3v) is 4.75. The van der Waals surface area contributed by atoms with E-state index in [1.807, 2.05) is 0 Å². The van der Waals surface area contributed by atoms with Crippen molar-refractivity contribution in [2.75, 3.05) is 40.0 Å². The molecule has 1 aliphatic heterocycles. The Morgan fingerprint density at radius 1 is 1.52 bits per heavy atom. The maximum absolute atomic E-state index is 12.1. The van der Waals surface area contributed by atoms with Crippen LogP contribution >= 0.6 is 0 Å². The number of aliphatic hydroxyl groups excluding tert-OH is 1. The average molecular weight is 324 g/mol. The molecule has 124 valence electrons. The topological polar surface area (TPSA) is 105 Å². The maximum atomic E-state index is 12.1. The summed E-state index contributed by atoms with van der Waals surface area (Å²) in [5.74, 6) is -0.795. The number of carbonyl (C=O) groups is 1. The summed E-state index contributed by atoms with van der Waals surface area (Å²) in [6, 6.07) is 0. The second-order valence-electron chi connectivity index (χ2n) is 4.91. The van der Waals surface area contributed by atoms with Gasteiger partial charge in [-0.25, -0.2) is 0 Å². The number of ether oxygens (including phenoxy) is 2. The molecule has 1 saturated heterocycles. The van der Waals surface area contributed by atoms with Gasteiger partial charge in [0.25, 0.3) is 10.2 Å². The Balaban J connectivity index is 2.55. The number of methoxy groups -OCH3 is 1. The van der Waals surface area contributed by atoms with Crippen molar-refractivity contribution in [3.8, 4) is 0 Å². The molecular formula is C12H24N2O6S. The van der Waals surface area contributed by atoms with Gasteiger partial charge in [-0.3, -0.25) is 4.79 Å². The minimum atomic E-state index is -3.72. The van der Waals surface area contributed by atoms with Crippen LogP contribution in [0.1, 0.15) is 19.8 Å². The Labute approximate surface area is 125 Å². The summed E-state index contributed by atoms with van der Waals surface area (Å²) in [6.45, 7) is 2.38. The standard InChI is InChI=1S/C12H24N2O6S/c1-3-20-12(16)10-5-4-6-14(8-10)21(17,18)13-7-11(15)9-19-2/h10-11,13,15H,3-9H2,1-2H3. The number of carbonyl (C=O) groups excluding carboxylic acids is 1. The first kappa shape index (κ1) is 18.3. The van der Waals surface area contributed by atoms with Gasteiger partial charge in [0.15, 0.2) is 0 Å². The second kappa shape index (κ2) is 8.64. The number of esters is 1. The molecule has 2 unspecified atom stereocenters. The van der Waals surface area contributed by atoms with Crippen LogP contribution in [0, 0.1) is 5.92 Å². The van der Waals surface area contributed by atoms with Crippen LogP contribution in [0.5, 0.6) is 0 Å². The van der Waals surface area contributed by atoms with E-state index in [9.17, 15) is 18.3 Å². The number of piperidine rings is 1. The van der Waals surface area contributed by atoms with Crippen molar-refractivity contribution in [1.82, 2.24) is 9.03 Å². The SMILES string of the molecule is CCOC(=O)C1CCCN(S(=O)(=O)NCC(O)COC)C1. The van der Waals surface area contributed by atoms with Gasteiger partial charge in [-0.2, -0.15) is 17.4 Å². The fourth-order valence-electron chi connectivity index (χ4n) is 2.16. The summed E-state index contributed by atoms with van der Waals surface area (Å²) in [7, 11) is -2.30. The Hall–Kier alpha value is -0.740. The molecule has 0 saturated carbocycles. The predicted octanol–water partition coefficient (Wildman–Crippen LogP) is -0.897. The highest BCUT2D eigenvalue weighted by Gasteiger charge is 2.33. The molecule has 1 rings (SSSR count). The van der Waals surface area contributed by atoms with Crippen molar-refractivity contribution >= 4 is 16.2 Å². The van der Waals surface area contributed by atoms with Gasteiger partial charge in [0, 0.05) is 26.7 Å². The maximum Gasteiger partial charge on any atom is 0.310 e. The first-order valence-electron chi connectivity index (χ1n) is 6.99. The zero-order chi connectivity index (χ0) is 15.9. The van der Waals surface area contributed by atoms with Gasteiger partial charge in [-0.05, 0) is 19.8 Å². The molecule has 0 spiro atoms. The number of hydrogen-bond donors (Lipinski definition) is 2. The van der Waals surface area contributed by atoms with Crippen LogP contribution in [-0.4, -0.2) is 69.9 Å². The summed E-state index contributed by atoms with van der Waals surface area (Å²) >= 11 is 0. The van der Waals surface area contributed by atoms with Crippen molar-refractivity contribution in [3.05, 3.63) is 0 Å². The normalized spacial score (nSPS) is 22.0. The summed E-state index contributed by atoms with van der Waals surface area (Å²) < 4.78 is 37.5. The monoisotopic (exact) mass is 324 g/mol. The molecule has 0 amide bonds. The van der Waals surface area contributed by atoms with Crippen molar-refractivity contribution in [3.63, 3.8) is 0 Å². The molecule has 8 nitrogen and oxygen atoms in total. The molecule has 0 aromatic rings. The van der Waals surface area contributed by atoms with Crippen LogP contribution in [0.2, 0.25) is 0 Å². The number of rotatable bonds is 8. The Morgan fingerprint density at radius 2 is 2.24 bits per heavy atom. The predicted molar refractivity (Wildman–Crippen MR) is 75.7 cm³/mol. The van der Waals surface area contributed by atoms with Crippen LogP contribution in [-0.2, 0) is 24.5 Å². The van der Waals surface area contributed by atoms with E-state index in [-0.39, 0.29) is 32.3 Å². The first-order chi connectivity index (χ1) is 9.90. The van der Waals surface area contributed by atoms with E-state index in [0.29, 0.717) is 19.4 Å². The van der Waals surface area contributed by atoms with E-state index in [0.717, 1.165) is 0 Å². The number of aliphatic hydroxyl groups is 1. The number of nitrogens with one attached hydrogen (secondary N) is 1. The number of nitrogens with zero attached hydrogens (tertiary/aromatic N) is 1. The molecule has 2 N–H and O–H groups in total. The molecule has 1 heterocycles. The fraction of sp³-hybridized carbons (Fsp3) is 0.917. The van der Waals surface area contributed by atoms with Crippen LogP contribution in [0.4, 0.5) is 0 Å². The molecule has 0 aliphatic carbocycles. The summed E-state index contributed by atoms with van der Waals surface area (Å²) in [5, 5.41) is 9.48. The van der Waals surface area contributed by atoms with Crippen LogP contribution in [0.3, 0.4) is 0 Å². The Bertz CT molecular complexity index is 427. The van der Waals surface area contributed by atoms with Gasteiger partial charge < -0.3 is 14.6 Å². The molecular weight excluding hydrogens is 300 g/mol. The third kappa shape index (κ3) is 5.87. The third-order valence-electron chi connectivity index (χ3n) is 3.20. The van der Waals surface area contributed by atoms with E-state index in [1.54, 1.807) is 6.92 Å². The lowest BCUT2D eigenvalue weighted by atomic mass is 10.0. The van der Waals surface area contributed by atoms with Gasteiger partial charge in [-0.1, -0.05) is 0 Å². The molecule has 0 radical (unpaired) electrons. The molecule has 0 aromatic heterocycles. The molecule has 0 aromatic carbocycles. The lowest BCUT2D eigenvalue weighted by molar-refractivity contribution is -0.149. The van der Waals surface area contributed by atoms with Crippen molar-refractivity contribution in [2.45, 2.75) is 25.9 Å². The highest BCUT2D eigenvalue weighted by Crippen LogP contribution is 2.19. The molecule has 0 bridgehead atoms. The smallest absolute Gasteiger partial charge is 0.310 e. The average Bonchev–Trinajstić information content (AvgIpc) is 2.46. The zero-order valence-electron chi connectivity index (χ0n) is 12.4. The summed E-state index contributed by atoms with van der Waals surface area (Å²) in [4.78, 5) is 11.7. The molecule has 9 heteroatoms. The van der Waals surface area contributed by atoms with Gasteiger partial charge in [-0.15, -0.1) is 0 Å². The molecule has 21 heavy (non-hydrogen) atoms. The van der Waals surface area contributed by atoms with E-state index in [1.165, 1.54) is 11.4 Å². The van der Waals surface area contributed by atoms with Crippen LogP contribution < -0.4 is 4.72 Å². The van der Waals surface area contributed by atoms with Gasteiger partial charge >= 0.3 is 5.97 Å². The highest BCUT2D eigenvalue weighted by atomic mass is 32.2. The van der Waals surface area contributed by atoms with Crippen molar-refractivity contribution < 1.29 is 27.8 Å². The lowest BCUT2D eigenvalue weighted by Crippen LogP contribution is -2.49. The Kier molecular flexibility index (Phi) is 7.53. The van der Waals surface area contributed by atoms with E-state index < -0.39 is 22.2 Å². The molecule has 2 atom stereocenters. The van der Waals surface area contributed by atoms with E-state index in [2.05, 4.69) is 4.72 Å². The zero-order valence-corrected chi connectivity index (χ0v) is 13.3. The first-order valence-corrected chi connectivity index (χ1v) is 8.43. The number of hydrogen-bond acceptors (Lipinski definition) is 6. The highest BCUT2D eigenvalue weighted by molar-refractivity contribution is 7.87. The minimum absolute atomic E-state index is 0.0496. The Morgan fingerprint density at radius 3 is 2.86 bits per heavy atom. The van der Waals surface area contributed by atoms with Gasteiger partial charge in [0.05, 0.1) is 25.2 Å². The largest absolute Gasteiger partial charge is 0.466 e. The van der Waals surface area contributed by atoms with Crippen LogP contribution in [0.15, 0.2) is 0 Å². The molecule has 1 fully saturated rings. The summed E-state index contributed by atoms with van der Waals surface area (Å²) in [6.07, 6.45) is 0.317. The van der Waals surface area contributed by atoms with Gasteiger partial charge in [0.2, 0.25) is 0 Å². The second-order valence-corrected chi connectivity index (χ2v) is 6.67. The minimum Gasteiger partial charge on any atom is -0.466 e. The quantitative estimate of drug-likeness (QED) is 0.561. The van der Waals surface area contributed by atoms with Crippen molar-refractivity contribution in [2.24, 2.45) is 5.92 Å². The van der Waals surface area contributed by atoms with E-state index in [4.69, 9.17) is 9.47 Å². The molecule has 1 aliphatic rings. The van der Waals surface area contributed by atoms with Crippen LogP contribution in [0.25, 0.3) is 0 Å². The lowest BCUT2D eigenvalue weighted by Gasteiger charge is -2.30.